The fourth-order valence-corrected chi connectivity index (χ4v) is 6.39. The molecule has 30 heavy (non-hydrogen) atoms. The summed E-state index contributed by atoms with van der Waals surface area (Å²) in [6.07, 6.45) is 7.97. The summed E-state index contributed by atoms with van der Waals surface area (Å²) in [6.45, 7) is 1.58. The summed E-state index contributed by atoms with van der Waals surface area (Å²) in [4.78, 5) is 27.5. The Bertz CT molecular complexity index is 878. The summed E-state index contributed by atoms with van der Waals surface area (Å²) in [5, 5.41) is 3.19. The maximum Gasteiger partial charge on any atom is 0.253 e. The molecule has 3 fully saturated rings. The maximum absolute atomic E-state index is 13.0. The van der Waals surface area contributed by atoms with E-state index < -0.39 is 10.0 Å². The number of amides is 2. The number of sulfonamides is 1. The first-order valence-corrected chi connectivity index (χ1v) is 12.7. The Morgan fingerprint density at radius 2 is 1.63 bits per heavy atom. The molecule has 2 amide bonds. The van der Waals surface area contributed by atoms with Gasteiger partial charge >= 0.3 is 0 Å². The van der Waals surface area contributed by atoms with Gasteiger partial charge in [0.2, 0.25) is 15.9 Å². The first-order chi connectivity index (χ1) is 14.4. The highest BCUT2D eigenvalue weighted by Gasteiger charge is 2.31. The van der Waals surface area contributed by atoms with E-state index in [-0.39, 0.29) is 29.5 Å². The molecule has 7 nitrogen and oxygen atoms in total. The van der Waals surface area contributed by atoms with Gasteiger partial charge in [-0.05, 0) is 56.4 Å². The second-order valence-electron chi connectivity index (χ2n) is 8.72. The molecule has 2 saturated heterocycles. The van der Waals surface area contributed by atoms with E-state index >= 15 is 0 Å². The number of hydrogen-bond acceptors (Lipinski definition) is 4. The number of rotatable bonds is 4. The Morgan fingerprint density at radius 3 is 2.30 bits per heavy atom. The Morgan fingerprint density at radius 1 is 0.900 bits per heavy atom. The summed E-state index contributed by atoms with van der Waals surface area (Å²) in [5.74, 6) is -0.000178. The van der Waals surface area contributed by atoms with Crippen molar-refractivity contribution < 1.29 is 18.0 Å². The lowest BCUT2D eigenvalue weighted by Gasteiger charge is -2.33. The van der Waals surface area contributed by atoms with Gasteiger partial charge < -0.3 is 10.2 Å². The van der Waals surface area contributed by atoms with Crippen LogP contribution in [0.1, 0.15) is 61.7 Å². The zero-order chi connectivity index (χ0) is 21.1. The molecule has 1 saturated carbocycles. The van der Waals surface area contributed by atoms with Gasteiger partial charge in [0.25, 0.3) is 5.91 Å². The standard InChI is InChI=1S/C22H31N3O4S/c26-21(23-19-7-2-1-3-8-19)18-6-4-13-24(16-18)22(27)17-9-11-20(12-10-17)25-14-5-15-30(25,28)29/h9-12,18-19H,1-8,13-16H2,(H,23,26). The number of anilines is 1. The number of benzene rings is 1. The molecule has 164 valence electrons. The third kappa shape index (κ3) is 4.63. The van der Waals surface area contributed by atoms with Crippen molar-refractivity contribution in [2.24, 2.45) is 5.92 Å². The summed E-state index contributed by atoms with van der Waals surface area (Å²) in [5.41, 5.74) is 1.14. The summed E-state index contributed by atoms with van der Waals surface area (Å²) < 4.78 is 25.6. The molecule has 1 aromatic carbocycles. The molecule has 1 aromatic rings. The number of likely N-dealkylation sites (tertiary alicyclic amines) is 1. The fourth-order valence-electron chi connectivity index (χ4n) is 4.82. The van der Waals surface area contributed by atoms with Gasteiger partial charge in [0.15, 0.2) is 0 Å². The minimum absolute atomic E-state index is 0.0778. The molecule has 1 aliphatic carbocycles. The topological polar surface area (TPSA) is 86.8 Å². The van der Waals surface area contributed by atoms with Crippen LogP contribution in [0, 0.1) is 5.92 Å². The molecule has 0 aromatic heterocycles. The summed E-state index contributed by atoms with van der Waals surface area (Å²) >= 11 is 0. The molecule has 0 spiro atoms. The Hall–Kier alpha value is -2.09. The molecule has 2 aliphatic heterocycles. The number of hydrogen-bond donors (Lipinski definition) is 1. The van der Waals surface area contributed by atoms with Gasteiger partial charge in [-0.1, -0.05) is 19.3 Å². The van der Waals surface area contributed by atoms with Crippen molar-refractivity contribution in [1.29, 1.82) is 0 Å². The van der Waals surface area contributed by atoms with Crippen LogP contribution in [0.5, 0.6) is 0 Å². The van der Waals surface area contributed by atoms with Crippen LogP contribution in [-0.4, -0.2) is 56.6 Å². The largest absolute Gasteiger partial charge is 0.353 e. The summed E-state index contributed by atoms with van der Waals surface area (Å²) in [6, 6.07) is 7.07. The number of piperidine rings is 1. The van der Waals surface area contributed by atoms with Crippen LogP contribution in [-0.2, 0) is 14.8 Å². The molecule has 8 heteroatoms. The molecule has 0 bridgehead atoms. The van der Waals surface area contributed by atoms with E-state index in [0.717, 1.165) is 25.7 Å². The van der Waals surface area contributed by atoms with Crippen molar-refractivity contribution in [3.63, 3.8) is 0 Å². The van der Waals surface area contributed by atoms with Gasteiger partial charge in [-0.3, -0.25) is 13.9 Å². The van der Waals surface area contributed by atoms with Crippen LogP contribution < -0.4 is 9.62 Å². The Kier molecular flexibility index (Phi) is 6.32. The number of carbonyl (C=O) groups is 2. The molecule has 1 unspecified atom stereocenters. The SMILES string of the molecule is O=C(NC1CCCCC1)C1CCCN(C(=O)c2ccc(N3CCCS3(=O)=O)cc2)C1. The number of carbonyl (C=O) groups excluding carboxylic acids is 2. The lowest BCUT2D eigenvalue weighted by molar-refractivity contribution is -0.127. The van der Waals surface area contributed by atoms with Gasteiger partial charge in [-0.25, -0.2) is 8.42 Å². The van der Waals surface area contributed by atoms with Crippen LogP contribution >= 0.6 is 0 Å². The zero-order valence-electron chi connectivity index (χ0n) is 17.4. The van der Waals surface area contributed by atoms with Crippen molar-refractivity contribution in [3.05, 3.63) is 29.8 Å². The van der Waals surface area contributed by atoms with E-state index in [4.69, 9.17) is 0 Å². The normalized spacial score (nSPS) is 24.6. The van der Waals surface area contributed by atoms with E-state index in [1.807, 2.05) is 0 Å². The lowest BCUT2D eigenvalue weighted by atomic mass is 9.92. The first-order valence-electron chi connectivity index (χ1n) is 11.1. The Balaban J connectivity index is 1.37. The van der Waals surface area contributed by atoms with Crippen LogP contribution in [0.25, 0.3) is 0 Å². The van der Waals surface area contributed by atoms with E-state index in [9.17, 15) is 18.0 Å². The van der Waals surface area contributed by atoms with E-state index in [1.54, 1.807) is 29.2 Å². The van der Waals surface area contributed by atoms with Gasteiger partial charge in [-0.2, -0.15) is 0 Å². The van der Waals surface area contributed by atoms with Crippen molar-refractivity contribution in [1.82, 2.24) is 10.2 Å². The van der Waals surface area contributed by atoms with E-state index in [1.165, 1.54) is 23.6 Å². The minimum Gasteiger partial charge on any atom is -0.353 e. The van der Waals surface area contributed by atoms with E-state index in [2.05, 4.69) is 5.32 Å². The molecule has 1 atom stereocenters. The first kappa shape index (κ1) is 21.2. The van der Waals surface area contributed by atoms with Crippen LogP contribution in [0.15, 0.2) is 24.3 Å². The average Bonchev–Trinajstić information content (AvgIpc) is 3.13. The third-order valence-corrected chi connectivity index (χ3v) is 8.40. The molecule has 3 aliphatic rings. The highest BCUT2D eigenvalue weighted by molar-refractivity contribution is 7.93. The second kappa shape index (κ2) is 8.96. The summed E-state index contributed by atoms with van der Waals surface area (Å²) in [7, 11) is -3.23. The van der Waals surface area contributed by atoms with Crippen molar-refractivity contribution >= 4 is 27.5 Å². The molecule has 1 N–H and O–H groups in total. The van der Waals surface area contributed by atoms with Crippen LogP contribution in [0.4, 0.5) is 5.69 Å². The predicted molar refractivity (Wildman–Crippen MR) is 116 cm³/mol. The highest BCUT2D eigenvalue weighted by atomic mass is 32.2. The van der Waals surface area contributed by atoms with Gasteiger partial charge in [0, 0.05) is 31.2 Å². The minimum atomic E-state index is -3.23. The lowest BCUT2D eigenvalue weighted by Crippen LogP contribution is -2.47. The van der Waals surface area contributed by atoms with Crippen LogP contribution in [0.3, 0.4) is 0 Å². The number of nitrogens with one attached hydrogen (secondary N) is 1. The average molecular weight is 434 g/mol. The smallest absolute Gasteiger partial charge is 0.253 e. The quantitative estimate of drug-likeness (QED) is 0.791. The predicted octanol–water partition coefficient (Wildman–Crippen LogP) is 2.53. The molecule has 4 rings (SSSR count). The van der Waals surface area contributed by atoms with E-state index in [0.29, 0.717) is 37.3 Å². The molecular formula is C22H31N3O4S. The number of nitrogens with zero attached hydrogens (tertiary/aromatic N) is 2. The van der Waals surface area contributed by atoms with Crippen molar-refractivity contribution in [2.75, 3.05) is 29.7 Å². The molecule has 0 radical (unpaired) electrons. The van der Waals surface area contributed by atoms with Crippen molar-refractivity contribution in [2.45, 2.75) is 57.4 Å². The van der Waals surface area contributed by atoms with Gasteiger partial charge in [0.1, 0.15) is 0 Å². The van der Waals surface area contributed by atoms with Gasteiger partial charge in [-0.15, -0.1) is 0 Å². The third-order valence-electron chi connectivity index (χ3n) is 6.53. The fraction of sp³-hybridized carbons (Fsp3) is 0.636. The Labute approximate surface area is 178 Å². The van der Waals surface area contributed by atoms with Gasteiger partial charge in [0.05, 0.1) is 17.4 Å². The highest BCUT2D eigenvalue weighted by Crippen LogP contribution is 2.26. The monoisotopic (exact) mass is 433 g/mol. The molecule has 2 heterocycles. The zero-order valence-corrected chi connectivity index (χ0v) is 18.2. The van der Waals surface area contributed by atoms with Crippen molar-refractivity contribution in [3.8, 4) is 0 Å². The molecular weight excluding hydrogens is 402 g/mol. The van der Waals surface area contributed by atoms with Crippen LogP contribution in [0.2, 0.25) is 0 Å². The second-order valence-corrected chi connectivity index (χ2v) is 10.7. The maximum atomic E-state index is 13.0.